The summed E-state index contributed by atoms with van der Waals surface area (Å²) in [4.78, 5) is 13.6. The molecular formula is C13H15NO. The first-order valence-electron chi connectivity index (χ1n) is 5.59. The minimum atomic E-state index is 0.219. The van der Waals surface area contributed by atoms with Crippen molar-refractivity contribution in [2.24, 2.45) is 11.8 Å². The fraction of sp³-hybridized carbons (Fsp3) is 0.462. The van der Waals surface area contributed by atoms with Gasteiger partial charge in [0.25, 0.3) is 0 Å². The van der Waals surface area contributed by atoms with E-state index in [1.54, 1.807) is 6.92 Å². The first-order chi connectivity index (χ1) is 7.27. The molecule has 0 aromatic heterocycles. The van der Waals surface area contributed by atoms with Crippen molar-refractivity contribution in [2.45, 2.75) is 19.4 Å². The molecule has 1 saturated heterocycles. The average molecular weight is 201 g/mol. The molecule has 1 saturated carbocycles. The molecule has 15 heavy (non-hydrogen) atoms. The number of fused-ring (bicyclic) bond motifs is 1. The van der Waals surface area contributed by atoms with Crippen molar-refractivity contribution in [2.75, 3.05) is 6.54 Å². The zero-order valence-corrected chi connectivity index (χ0v) is 8.89. The van der Waals surface area contributed by atoms with Gasteiger partial charge in [-0.1, -0.05) is 30.3 Å². The third-order valence-electron chi connectivity index (χ3n) is 3.70. The van der Waals surface area contributed by atoms with Crippen molar-refractivity contribution in [3.63, 3.8) is 0 Å². The standard InChI is InChI=1S/C13H15NO/c1-9(15)14-8-11-7-12(11)13(14)10-5-3-2-4-6-10/h2-6,11-13H,7-8H2,1H3. The summed E-state index contributed by atoms with van der Waals surface area (Å²) >= 11 is 0. The zero-order chi connectivity index (χ0) is 10.4. The number of likely N-dealkylation sites (tertiary alicyclic amines) is 1. The molecule has 3 atom stereocenters. The fourth-order valence-electron chi connectivity index (χ4n) is 2.87. The highest BCUT2D eigenvalue weighted by Crippen LogP contribution is 2.56. The average Bonchev–Trinajstić information content (AvgIpc) is 2.91. The molecule has 1 aliphatic heterocycles. The zero-order valence-electron chi connectivity index (χ0n) is 8.89. The van der Waals surface area contributed by atoms with E-state index in [9.17, 15) is 4.79 Å². The van der Waals surface area contributed by atoms with Crippen molar-refractivity contribution in [3.05, 3.63) is 35.9 Å². The molecule has 3 rings (SSSR count). The molecule has 0 radical (unpaired) electrons. The third-order valence-corrected chi connectivity index (χ3v) is 3.70. The summed E-state index contributed by atoms with van der Waals surface area (Å²) in [5.41, 5.74) is 1.30. The van der Waals surface area contributed by atoms with Crippen LogP contribution in [0.25, 0.3) is 0 Å². The van der Waals surface area contributed by atoms with Crippen LogP contribution in [0, 0.1) is 11.8 Å². The Hall–Kier alpha value is -1.31. The Labute approximate surface area is 89.9 Å². The lowest BCUT2D eigenvalue weighted by Crippen LogP contribution is -2.31. The Bertz CT molecular complexity index is 387. The van der Waals surface area contributed by atoms with Crippen molar-refractivity contribution >= 4 is 5.91 Å². The minimum Gasteiger partial charge on any atom is -0.335 e. The van der Waals surface area contributed by atoms with Crippen molar-refractivity contribution in [3.8, 4) is 0 Å². The maximum absolute atomic E-state index is 11.5. The summed E-state index contributed by atoms with van der Waals surface area (Å²) in [5.74, 6) is 1.73. The topological polar surface area (TPSA) is 20.3 Å². The van der Waals surface area contributed by atoms with E-state index in [0.29, 0.717) is 6.04 Å². The first-order valence-corrected chi connectivity index (χ1v) is 5.59. The molecule has 2 heteroatoms. The summed E-state index contributed by atoms with van der Waals surface area (Å²) < 4.78 is 0. The highest BCUT2D eigenvalue weighted by molar-refractivity contribution is 5.74. The van der Waals surface area contributed by atoms with Gasteiger partial charge in [-0.25, -0.2) is 0 Å². The van der Waals surface area contributed by atoms with E-state index in [1.807, 2.05) is 11.0 Å². The molecule has 78 valence electrons. The third kappa shape index (κ3) is 1.36. The summed E-state index contributed by atoms with van der Waals surface area (Å²) in [7, 11) is 0. The van der Waals surface area contributed by atoms with E-state index < -0.39 is 0 Å². The van der Waals surface area contributed by atoms with Gasteiger partial charge < -0.3 is 4.90 Å². The maximum Gasteiger partial charge on any atom is 0.219 e. The van der Waals surface area contributed by atoms with Crippen molar-refractivity contribution < 1.29 is 4.79 Å². The molecule has 0 spiro atoms. The van der Waals surface area contributed by atoms with Gasteiger partial charge >= 0.3 is 0 Å². The lowest BCUT2D eigenvalue weighted by atomic mass is 10.0. The van der Waals surface area contributed by atoms with E-state index in [-0.39, 0.29) is 5.91 Å². The Morgan fingerprint density at radius 1 is 1.33 bits per heavy atom. The first kappa shape index (κ1) is 8.96. The monoisotopic (exact) mass is 201 g/mol. The summed E-state index contributed by atoms with van der Waals surface area (Å²) in [5, 5.41) is 0. The molecule has 2 nitrogen and oxygen atoms in total. The van der Waals surface area contributed by atoms with E-state index in [1.165, 1.54) is 12.0 Å². The van der Waals surface area contributed by atoms with Gasteiger partial charge in [0, 0.05) is 13.5 Å². The summed E-state index contributed by atoms with van der Waals surface area (Å²) in [6, 6.07) is 10.8. The Morgan fingerprint density at radius 2 is 2.07 bits per heavy atom. The van der Waals surface area contributed by atoms with E-state index in [4.69, 9.17) is 0 Å². The van der Waals surface area contributed by atoms with Crippen LogP contribution in [0.5, 0.6) is 0 Å². The van der Waals surface area contributed by atoms with Gasteiger partial charge in [0.15, 0.2) is 0 Å². The van der Waals surface area contributed by atoms with Crippen LogP contribution < -0.4 is 0 Å². The molecule has 1 aromatic carbocycles. The van der Waals surface area contributed by atoms with Crippen LogP contribution >= 0.6 is 0 Å². The van der Waals surface area contributed by atoms with Gasteiger partial charge in [0.2, 0.25) is 5.91 Å². The minimum absolute atomic E-state index is 0.219. The van der Waals surface area contributed by atoms with Crippen LogP contribution in [-0.2, 0) is 4.79 Å². The van der Waals surface area contributed by atoms with Crippen LogP contribution in [0.2, 0.25) is 0 Å². The van der Waals surface area contributed by atoms with Gasteiger partial charge in [0.1, 0.15) is 0 Å². The number of nitrogens with zero attached hydrogens (tertiary/aromatic N) is 1. The molecule has 0 bridgehead atoms. The second-order valence-corrected chi connectivity index (χ2v) is 4.69. The molecule has 1 aromatic rings. The normalized spacial score (nSPS) is 32.6. The molecule has 2 aliphatic rings. The van der Waals surface area contributed by atoms with Crippen LogP contribution in [0.15, 0.2) is 30.3 Å². The number of hydrogen-bond donors (Lipinski definition) is 0. The van der Waals surface area contributed by atoms with Gasteiger partial charge in [-0.05, 0) is 23.8 Å². The van der Waals surface area contributed by atoms with Crippen molar-refractivity contribution in [1.29, 1.82) is 0 Å². The number of piperidine rings is 1. The van der Waals surface area contributed by atoms with Crippen LogP contribution in [0.1, 0.15) is 24.9 Å². The smallest absolute Gasteiger partial charge is 0.219 e. The van der Waals surface area contributed by atoms with E-state index >= 15 is 0 Å². The number of hydrogen-bond acceptors (Lipinski definition) is 1. The molecule has 0 N–H and O–H groups in total. The van der Waals surface area contributed by atoms with Crippen LogP contribution in [-0.4, -0.2) is 17.4 Å². The lowest BCUT2D eigenvalue weighted by Gasteiger charge is -2.26. The summed E-state index contributed by atoms with van der Waals surface area (Å²) in [6.07, 6.45) is 1.31. The molecule has 1 heterocycles. The quantitative estimate of drug-likeness (QED) is 0.682. The van der Waals surface area contributed by atoms with Crippen LogP contribution in [0.3, 0.4) is 0 Å². The number of amides is 1. The Morgan fingerprint density at radius 3 is 2.73 bits per heavy atom. The fourth-order valence-corrected chi connectivity index (χ4v) is 2.87. The maximum atomic E-state index is 11.5. The van der Waals surface area contributed by atoms with Gasteiger partial charge in [-0.15, -0.1) is 0 Å². The highest BCUT2D eigenvalue weighted by Gasteiger charge is 2.53. The summed E-state index contributed by atoms with van der Waals surface area (Å²) in [6.45, 7) is 2.65. The van der Waals surface area contributed by atoms with Crippen LogP contribution in [0.4, 0.5) is 0 Å². The predicted molar refractivity (Wildman–Crippen MR) is 58.2 cm³/mol. The second kappa shape index (κ2) is 3.09. The molecule has 1 aliphatic carbocycles. The highest BCUT2D eigenvalue weighted by atomic mass is 16.2. The van der Waals surface area contributed by atoms with Gasteiger partial charge in [-0.3, -0.25) is 4.79 Å². The number of carbonyl (C=O) groups excluding carboxylic acids is 1. The lowest BCUT2D eigenvalue weighted by molar-refractivity contribution is -0.130. The van der Waals surface area contributed by atoms with E-state index in [0.717, 1.165) is 18.4 Å². The van der Waals surface area contributed by atoms with Gasteiger partial charge in [-0.2, -0.15) is 0 Å². The largest absolute Gasteiger partial charge is 0.335 e. The predicted octanol–water partition coefficient (Wildman–Crippen LogP) is 2.23. The van der Waals surface area contributed by atoms with E-state index in [2.05, 4.69) is 24.3 Å². The molecular weight excluding hydrogens is 186 g/mol. The molecule has 3 unspecified atom stereocenters. The van der Waals surface area contributed by atoms with Crippen molar-refractivity contribution in [1.82, 2.24) is 4.90 Å². The van der Waals surface area contributed by atoms with Gasteiger partial charge in [0.05, 0.1) is 6.04 Å². The Balaban J connectivity index is 1.93. The second-order valence-electron chi connectivity index (χ2n) is 4.69. The Kier molecular flexibility index (Phi) is 1.84. The number of carbonyl (C=O) groups is 1. The number of benzene rings is 1. The molecule has 1 amide bonds. The number of rotatable bonds is 1. The molecule has 2 fully saturated rings. The SMILES string of the molecule is CC(=O)N1CC2CC2C1c1ccccc1.